The number of carbonyl (C=O) groups excluding carboxylic acids is 1. The maximum absolute atomic E-state index is 12.7. The topological polar surface area (TPSA) is 54.5 Å². The van der Waals surface area contributed by atoms with Crippen LogP contribution in [-0.2, 0) is 21.4 Å². The van der Waals surface area contributed by atoms with E-state index in [1.54, 1.807) is 24.3 Å². The Bertz CT molecular complexity index is 771. The summed E-state index contributed by atoms with van der Waals surface area (Å²) in [5.41, 5.74) is 0.704. The van der Waals surface area contributed by atoms with Crippen LogP contribution < -0.4 is 0 Å². The van der Waals surface area contributed by atoms with Gasteiger partial charge in [-0.3, -0.25) is 4.79 Å². The van der Waals surface area contributed by atoms with Gasteiger partial charge in [-0.1, -0.05) is 48.5 Å². The lowest BCUT2D eigenvalue weighted by Gasteiger charge is -2.21. The van der Waals surface area contributed by atoms with Gasteiger partial charge in [-0.15, -0.1) is 0 Å². The van der Waals surface area contributed by atoms with Crippen molar-refractivity contribution >= 4 is 27.5 Å². The molecule has 0 heterocycles. The largest absolute Gasteiger partial charge is 0.269 e. The van der Waals surface area contributed by atoms with E-state index < -0.39 is 15.9 Å². The van der Waals surface area contributed by atoms with E-state index in [2.05, 4.69) is 6.58 Å². The van der Waals surface area contributed by atoms with Crippen LogP contribution in [0.4, 0.5) is 0 Å². The van der Waals surface area contributed by atoms with Gasteiger partial charge in [0.15, 0.2) is 0 Å². The summed E-state index contributed by atoms with van der Waals surface area (Å²) in [5, 5.41) is 0.420. The molecule has 2 aromatic rings. The highest BCUT2D eigenvalue weighted by Crippen LogP contribution is 2.21. The fraction of sp³-hybridized carbons (Fsp3) is 0.0625. The fourth-order valence-corrected chi connectivity index (χ4v) is 3.36. The van der Waals surface area contributed by atoms with Crippen molar-refractivity contribution in [2.75, 3.05) is 0 Å². The van der Waals surface area contributed by atoms with Gasteiger partial charge in [0, 0.05) is 5.02 Å². The quantitative estimate of drug-likeness (QED) is 0.788. The molecule has 114 valence electrons. The van der Waals surface area contributed by atoms with E-state index in [0.29, 0.717) is 10.6 Å². The Hall–Kier alpha value is -2.11. The number of sulfonamides is 1. The zero-order valence-corrected chi connectivity index (χ0v) is 13.2. The highest BCUT2D eigenvalue weighted by molar-refractivity contribution is 7.89. The van der Waals surface area contributed by atoms with E-state index in [0.717, 1.165) is 10.4 Å². The van der Waals surface area contributed by atoms with Gasteiger partial charge >= 0.3 is 0 Å². The van der Waals surface area contributed by atoms with E-state index in [1.807, 2.05) is 6.07 Å². The van der Waals surface area contributed by atoms with Crippen LogP contribution in [0.1, 0.15) is 5.56 Å². The Labute approximate surface area is 134 Å². The van der Waals surface area contributed by atoms with Crippen LogP contribution in [0.15, 0.2) is 72.1 Å². The third kappa shape index (κ3) is 3.55. The van der Waals surface area contributed by atoms with Crippen molar-refractivity contribution < 1.29 is 13.2 Å². The van der Waals surface area contributed by atoms with E-state index in [4.69, 9.17) is 11.6 Å². The first kappa shape index (κ1) is 16.3. The van der Waals surface area contributed by atoms with Crippen molar-refractivity contribution in [2.45, 2.75) is 11.4 Å². The first-order valence-electron chi connectivity index (χ1n) is 6.44. The molecule has 0 saturated carbocycles. The third-order valence-corrected chi connectivity index (χ3v) is 5.00. The molecule has 22 heavy (non-hydrogen) atoms. The summed E-state index contributed by atoms with van der Waals surface area (Å²) in [5.74, 6) is -0.682. The van der Waals surface area contributed by atoms with Gasteiger partial charge in [0.05, 0.1) is 11.4 Å². The van der Waals surface area contributed by atoms with Gasteiger partial charge in [0.1, 0.15) is 0 Å². The Balaban J connectivity index is 2.42. The maximum atomic E-state index is 12.7. The predicted octanol–water partition coefficient (Wildman–Crippen LogP) is 3.24. The van der Waals surface area contributed by atoms with Crippen molar-refractivity contribution in [1.82, 2.24) is 4.31 Å². The molecule has 2 aromatic carbocycles. The number of hydrogen-bond acceptors (Lipinski definition) is 3. The van der Waals surface area contributed by atoms with Crippen LogP contribution in [0, 0.1) is 0 Å². The van der Waals surface area contributed by atoms with Crippen LogP contribution in [0.5, 0.6) is 0 Å². The highest BCUT2D eigenvalue weighted by atomic mass is 35.5. The van der Waals surface area contributed by atoms with E-state index in [-0.39, 0.29) is 11.4 Å². The first-order valence-corrected chi connectivity index (χ1v) is 8.25. The molecule has 0 radical (unpaired) electrons. The number of benzene rings is 2. The SMILES string of the molecule is C=CC(=O)N(Cc1ccccc1)S(=O)(=O)c1ccc(Cl)cc1. The Morgan fingerprint density at radius 3 is 2.23 bits per heavy atom. The molecule has 0 aliphatic heterocycles. The summed E-state index contributed by atoms with van der Waals surface area (Å²) in [7, 11) is -3.97. The van der Waals surface area contributed by atoms with Crippen molar-refractivity contribution in [3.05, 3.63) is 77.8 Å². The number of hydrogen-bond donors (Lipinski definition) is 0. The molecule has 0 saturated heterocycles. The standard InChI is InChI=1S/C16H14ClNO3S/c1-2-16(19)18(12-13-6-4-3-5-7-13)22(20,21)15-10-8-14(17)9-11-15/h2-11H,1,12H2. The second-order valence-corrected chi connectivity index (χ2v) is 6.79. The predicted molar refractivity (Wildman–Crippen MR) is 85.8 cm³/mol. The molecule has 0 atom stereocenters. The molecular formula is C16H14ClNO3S. The number of carbonyl (C=O) groups is 1. The van der Waals surface area contributed by atoms with Gasteiger partial charge in [0.25, 0.3) is 15.9 Å². The highest BCUT2D eigenvalue weighted by Gasteiger charge is 2.27. The van der Waals surface area contributed by atoms with Crippen molar-refractivity contribution in [2.24, 2.45) is 0 Å². The van der Waals surface area contributed by atoms with Crippen molar-refractivity contribution in [1.29, 1.82) is 0 Å². The molecule has 1 amide bonds. The van der Waals surface area contributed by atoms with Crippen LogP contribution in [0.2, 0.25) is 5.02 Å². The van der Waals surface area contributed by atoms with Crippen LogP contribution >= 0.6 is 11.6 Å². The fourth-order valence-electron chi connectivity index (χ4n) is 1.87. The number of amides is 1. The molecule has 0 bridgehead atoms. The van der Waals surface area contributed by atoms with Crippen molar-refractivity contribution in [3.63, 3.8) is 0 Å². The number of rotatable bonds is 5. The minimum atomic E-state index is -3.97. The van der Waals surface area contributed by atoms with E-state index in [1.165, 1.54) is 24.3 Å². The summed E-state index contributed by atoms with van der Waals surface area (Å²) in [6, 6.07) is 14.5. The Morgan fingerprint density at radius 1 is 1.09 bits per heavy atom. The first-order chi connectivity index (χ1) is 10.4. The van der Waals surface area contributed by atoms with Crippen LogP contribution in [0.25, 0.3) is 0 Å². The molecule has 0 aliphatic rings. The molecule has 0 unspecified atom stereocenters. The monoisotopic (exact) mass is 335 g/mol. The van der Waals surface area contributed by atoms with E-state index in [9.17, 15) is 13.2 Å². The average molecular weight is 336 g/mol. The third-order valence-electron chi connectivity index (χ3n) is 2.99. The number of nitrogens with zero attached hydrogens (tertiary/aromatic N) is 1. The molecule has 2 rings (SSSR count). The number of halogens is 1. The molecule has 6 heteroatoms. The lowest BCUT2D eigenvalue weighted by molar-refractivity contribution is -0.121. The summed E-state index contributed by atoms with van der Waals surface area (Å²) in [6.07, 6.45) is 0.983. The molecule has 0 N–H and O–H groups in total. The summed E-state index contributed by atoms with van der Waals surface area (Å²) >= 11 is 5.77. The van der Waals surface area contributed by atoms with Gasteiger partial charge < -0.3 is 0 Å². The van der Waals surface area contributed by atoms with Gasteiger partial charge in [-0.05, 0) is 35.9 Å². The van der Waals surface area contributed by atoms with Crippen LogP contribution in [0.3, 0.4) is 0 Å². The van der Waals surface area contributed by atoms with Gasteiger partial charge in [0.2, 0.25) is 0 Å². The molecule has 0 spiro atoms. The molecule has 0 fully saturated rings. The van der Waals surface area contributed by atoms with Gasteiger partial charge in [-0.2, -0.15) is 0 Å². The zero-order chi connectivity index (χ0) is 16.2. The second kappa shape index (κ2) is 6.77. The maximum Gasteiger partial charge on any atom is 0.267 e. The Morgan fingerprint density at radius 2 is 1.68 bits per heavy atom. The zero-order valence-electron chi connectivity index (χ0n) is 11.6. The lowest BCUT2D eigenvalue weighted by Crippen LogP contribution is -2.35. The Kier molecular flexibility index (Phi) is 5.00. The van der Waals surface area contributed by atoms with Gasteiger partial charge in [-0.25, -0.2) is 12.7 Å². The molecule has 0 aromatic heterocycles. The smallest absolute Gasteiger partial charge is 0.267 e. The summed E-state index contributed by atoms with van der Waals surface area (Å²) in [6.45, 7) is 3.31. The molecule has 4 nitrogen and oxygen atoms in total. The minimum Gasteiger partial charge on any atom is -0.269 e. The van der Waals surface area contributed by atoms with Crippen molar-refractivity contribution in [3.8, 4) is 0 Å². The van der Waals surface area contributed by atoms with E-state index >= 15 is 0 Å². The average Bonchev–Trinajstić information content (AvgIpc) is 2.53. The lowest BCUT2D eigenvalue weighted by atomic mass is 10.2. The normalized spacial score (nSPS) is 11.0. The molecular weight excluding hydrogens is 322 g/mol. The minimum absolute atomic E-state index is 0.00281. The molecule has 0 aliphatic carbocycles. The summed E-state index contributed by atoms with van der Waals surface area (Å²) < 4.78 is 26.1. The summed E-state index contributed by atoms with van der Waals surface area (Å²) in [4.78, 5) is 12.0. The van der Waals surface area contributed by atoms with Crippen LogP contribution in [-0.4, -0.2) is 18.6 Å². The second-order valence-electron chi connectivity index (χ2n) is 4.49.